The van der Waals surface area contributed by atoms with Crippen molar-refractivity contribution in [2.45, 2.75) is 38.8 Å². The minimum absolute atomic E-state index is 0. The van der Waals surface area contributed by atoms with Crippen molar-refractivity contribution in [3.8, 4) is 0 Å². The lowest BCUT2D eigenvalue weighted by atomic mass is 10.3. The third kappa shape index (κ3) is 7.16. The number of nitrogens with one attached hydrogen (secondary N) is 2. The van der Waals surface area contributed by atoms with Gasteiger partial charge in [-0.25, -0.2) is 4.98 Å². The highest BCUT2D eigenvalue weighted by molar-refractivity contribution is 14.0. The van der Waals surface area contributed by atoms with Gasteiger partial charge in [-0.1, -0.05) is 17.7 Å². The predicted octanol–water partition coefficient (Wildman–Crippen LogP) is 3.13. The number of aliphatic imine (C=N–C) groups is 1. The fourth-order valence-corrected chi connectivity index (χ4v) is 3.67. The van der Waals surface area contributed by atoms with Crippen molar-refractivity contribution < 1.29 is 0 Å². The molecule has 9 heteroatoms. The second-order valence-corrected chi connectivity index (χ2v) is 7.49. The van der Waals surface area contributed by atoms with Gasteiger partial charge in [-0.3, -0.25) is 9.79 Å². The van der Waals surface area contributed by atoms with Crippen LogP contribution in [0.4, 0.5) is 5.82 Å². The number of aromatic nitrogens is 2. The average Bonchev–Trinajstić information content (AvgIpc) is 3.17. The summed E-state index contributed by atoms with van der Waals surface area (Å²) in [5.41, 5.74) is 0.0461. The summed E-state index contributed by atoms with van der Waals surface area (Å²) in [4.78, 5) is 23.0. The highest BCUT2D eigenvalue weighted by Gasteiger charge is 2.25. The highest BCUT2D eigenvalue weighted by atomic mass is 127. The summed E-state index contributed by atoms with van der Waals surface area (Å²) < 4.78 is 1.74. The molecule has 1 fully saturated rings. The Balaban J connectivity index is 0.00000320. The Morgan fingerprint density at radius 2 is 2.17 bits per heavy atom. The summed E-state index contributed by atoms with van der Waals surface area (Å²) in [6, 6.07) is 9.27. The van der Waals surface area contributed by atoms with Gasteiger partial charge in [0.1, 0.15) is 5.82 Å². The van der Waals surface area contributed by atoms with Crippen LogP contribution in [0.2, 0.25) is 5.02 Å². The SMILES string of the molecule is CCNC(=NCCCCn1ccccc1=O)NC1CCN(c2ncccc2Cl)C1.I. The van der Waals surface area contributed by atoms with Gasteiger partial charge in [0.05, 0.1) is 5.02 Å². The smallest absolute Gasteiger partial charge is 0.250 e. The zero-order valence-corrected chi connectivity index (χ0v) is 20.3. The Bertz CT molecular complexity index is 874. The first-order valence-corrected chi connectivity index (χ1v) is 10.6. The lowest BCUT2D eigenvalue weighted by molar-refractivity contribution is 0.595. The molecule has 30 heavy (non-hydrogen) atoms. The van der Waals surface area contributed by atoms with E-state index in [2.05, 4.69) is 27.4 Å². The predicted molar refractivity (Wildman–Crippen MR) is 134 cm³/mol. The van der Waals surface area contributed by atoms with Gasteiger partial charge in [-0.15, -0.1) is 24.0 Å². The topological polar surface area (TPSA) is 74.6 Å². The summed E-state index contributed by atoms with van der Waals surface area (Å²) in [7, 11) is 0. The Hall–Kier alpha value is -1.81. The summed E-state index contributed by atoms with van der Waals surface area (Å²) in [6.07, 6.45) is 6.46. The molecule has 0 bridgehead atoms. The van der Waals surface area contributed by atoms with Crippen molar-refractivity contribution in [2.24, 2.45) is 4.99 Å². The minimum Gasteiger partial charge on any atom is -0.357 e. The normalized spacial score (nSPS) is 16.3. The van der Waals surface area contributed by atoms with Crippen molar-refractivity contribution in [3.05, 3.63) is 58.1 Å². The first kappa shape index (κ1) is 24.5. The maximum Gasteiger partial charge on any atom is 0.250 e. The van der Waals surface area contributed by atoms with E-state index in [1.54, 1.807) is 22.9 Å². The molecular formula is C21H30ClIN6O. The van der Waals surface area contributed by atoms with Crippen LogP contribution in [-0.2, 0) is 6.54 Å². The molecule has 0 radical (unpaired) electrons. The van der Waals surface area contributed by atoms with Crippen LogP contribution in [0, 0.1) is 0 Å². The van der Waals surface area contributed by atoms with Crippen LogP contribution in [0.3, 0.4) is 0 Å². The quantitative estimate of drug-likeness (QED) is 0.231. The van der Waals surface area contributed by atoms with Crippen molar-refractivity contribution in [1.29, 1.82) is 0 Å². The molecule has 0 saturated carbocycles. The zero-order valence-electron chi connectivity index (χ0n) is 17.3. The van der Waals surface area contributed by atoms with Gasteiger partial charge in [0, 0.05) is 57.2 Å². The Morgan fingerprint density at radius 3 is 2.93 bits per heavy atom. The fraction of sp³-hybridized carbons (Fsp3) is 0.476. The second kappa shape index (κ2) is 12.8. The lowest BCUT2D eigenvalue weighted by Gasteiger charge is -2.20. The standard InChI is InChI=1S/C21H29ClN6O.HI/c1-2-23-21(25-11-4-6-14-27-13-5-3-9-19(27)29)26-17-10-15-28(16-17)20-18(22)8-7-12-24-20;/h3,5,7-9,12-13,17H,2,4,6,10-11,14-16H2,1H3,(H2,23,25,26);1H. The summed E-state index contributed by atoms with van der Waals surface area (Å²) in [6.45, 7) is 6.08. The number of hydrogen-bond acceptors (Lipinski definition) is 4. The number of guanidine groups is 1. The van der Waals surface area contributed by atoms with Gasteiger partial charge in [0.25, 0.3) is 0 Å². The molecule has 0 aromatic carbocycles. The van der Waals surface area contributed by atoms with E-state index in [1.807, 2.05) is 24.4 Å². The van der Waals surface area contributed by atoms with E-state index in [9.17, 15) is 4.79 Å². The van der Waals surface area contributed by atoms with Gasteiger partial charge in [0.15, 0.2) is 5.96 Å². The van der Waals surface area contributed by atoms with Crippen LogP contribution in [0.25, 0.3) is 0 Å². The minimum atomic E-state index is 0. The molecule has 3 rings (SSSR count). The summed E-state index contributed by atoms with van der Waals surface area (Å²) in [5.74, 6) is 1.68. The number of anilines is 1. The Kier molecular flexibility index (Phi) is 10.4. The first-order valence-electron chi connectivity index (χ1n) is 10.2. The van der Waals surface area contributed by atoms with Crippen LogP contribution in [0.5, 0.6) is 0 Å². The van der Waals surface area contributed by atoms with E-state index in [0.29, 0.717) is 11.1 Å². The fourth-order valence-electron chi connectivity index (χ4n) is 3.42. The third-order valence-corrected chi connectivity index (χ3v) is 5.18. The lowest BCUT2D eigenvalue weighted by Crippen LogP contribution is -2.44. The Labute approximate surface area is 200 Å². The molecule has 1 aliphatic heterocycles. The zero-order chi connectivity index (χ0) is 20.5. The monoisotopic (exact) mass is 544 g/mol. The van der Waals surface area contributed by atoms with E-state index in [4.69, 9.17) is 16.6 Å². The maximum atomic E-state index is 11.7. The molecule has 164 valence electrons. The maximum absolute atomic E-state index is 11.7. The molecule has 0 aliphatic carbocycles. The van der Waals surface area contributed by atoms with Crippen molar-refractivity contribution >= 4 is 47.4 Å². The average molecular weight is 545 g/mol. The van der Waals surface area contributed by atoms with E-state index < -0.39 is 0 Å². The molecule has 1 aliphatic rings. The second-order valence-electron chi connectivity index (χ2n) is 7.08. The molecule has 0 amide bonds. The molecule has 2 N–H and O–H groups in total. The van der Waals surface area contributed by atoms with E-state index >= 15 is 0 Å². The van der Waals surface area contributed by atoms with Crippen molar-refractivity contribution in [2.75, 3.05) is 31.1 Å². The molecule has 1 unspecified atom stereocenters. The van der Waals surface area contributed by atoms with Crippen LogP contribution in [0.1, 0.15) is 26.2 Å². The van der Waals surface area contributed by atoms with Crippen LogP contribution in [-0.4, -0.2) is 47.7 Å². The van der Waals surface area contributed by atoms with Crippen LogP contribution >= 0.6 is 35.6 Å². The first-order chi connectivity index (χ1) is 14.2. The largest absolute Gasteiger partial charge is 0.357 e. The summed E-state index contributed by atoms with van der Waals surface area (Å²) >= 11 is 6.28. The molecular weight excluding hydrogens is 515 g/mol. The number of rotatable bonds is 8. The van der Waals surface area contributed by atoms with Gasteiger partial charge in [-0.05, 0) is 44.4 Å². The van der Waals surface area contributed by atoms with E-state index in [0.717, 1.165) is 63.8 Å². The number of pyridine rings is 2. The molecule has 7 nitrogen and oxygen atoms in total. The number of hydrogen-bond donors (Lipinski definition) is 2. The van der Waals surface area contributed by atoms with Gasteiger partial charge >= 0.3 is 0 Å². The van der Waals surface area contributed by atoms with E-state index in [-0.39, 0.29) is 29.5 Å². The van der Waals surface area contributed by atoms with Gasteiger partial charge in [-0.2, -0.15) is 0 Å². The van der Waals surface area contributed by atoms with Crippen molar-refractivity contribution in [1.82, 2.24) is 20.2 Å². The Morgan fingerprint density at radius 1 is 1.30 bits per heavy atom. The highest BCUT2D eigenvalue weighted by Crippen LogP contribution is 2.25. The van der Waals surface area contributed by atoms with Crippen LogP contribution < -0.4 is 21.1 Å². The number of nitrogens with zero attached hydrogens (tertiary/aromatic N) is 4. The molecule has 2 aromatic rings. The third-order valence-electron chi connectivity index (χ3n) is 4.89. The number of halogens is 2. The van der Waals surface area contributed by atoms with E-state index in [1.165, 1.54) is 0 Å². The van der Waals surface area contributed by atoms with Gasteiger partial charge in [0.2, 0.25) is 5.56 Å². The van der Waals surface area contributed by atoms with Crippen LogP contribution in [0.15, 0.2) is 52.5 Å². The van der Waals surface area contributed by atoms with Gasteiger partial charge < -0.3 is 20.1 Å². The molecule has 1 saturated heterocycles. The molecule has 3 heterocycles. The number of unbranched alkanes of at least 4 members (excludes halogenated alkanes) is 1. The molecule has 2 aromatic heterocycles. The number of aryl methyl sites for hydroxylation is 1. The molecule has 0 spiro atoms. The summed E-state index contributed by atoms with van der Waals surface area (Å²) in [5, 5.41) is 7.53. The molecule has 1 atom stereocenters. The van der Waals surface area contributed by atoms with Crippen molar-refractivity contribution in [3.63, 3.8) is 0 Å².